The summed E-state index contributed by atoms with van der Waals surface area (Å²) in [6.45, 7) is 1.81. The molecule has 2 rings (SSSR count). The Balaban J connectivity index is 2.47. The lowest BCUT2D eigenvalue weighted by atomic mass is 10.1. The molecule has 108 valence electrons. The van der Waals surface area contributed by atoms with Crippen LogP contribution >= 0.6 is 0 Å². The summed E-state index contributed by atoms with van der Waals surface area (Å²) >= 11 is 0. The number of carboxylic acids is 1. The van der Waals surface area contributed by atoms with E-state index in [2.05, 4.69) is 0 Å². The number of carbonyl (C=O) groups is 1. The minimum absolute atomic E-state index is 0.305. The van der Waals surface area contributed by atoms with E-state index in [1.807, 2.05) is 13.0 Å². The molecule has 21 heavy (non-hydrogen) atoms. The average molecular weight is 291 g/mol. The van der Waals surface area contributed by atoms with E-state index in [4.69, 9.17) is 9.84 Å². The first-order valence-electron chi connectivity index (χ1n) is 5.84. The number of benzene rings is 2. The summed E-state index contributed by atoms with van der Waals surface area (Å²) in [5.74, 6) is -2.62. The molecular weight excluding hydrogens is 281 g/mol. The molecule has 0 amide bonds. The molecule has 0 heterocycles. The van der Waals surface area contributed by atoms with Crippen molar-refractivity contribution in [1.82, 2.24) is 0 Å². The number of nitro benzene ring substituents is 1. The molecule has 6 nitrogen and oxygen atoms in total. The van der Waals surface area contributed by atoms with Gasteiger partial charge in [-0.25, -0.2) is 9.18 Å². The number of hydrogen-bond donors (Lipinski definition) is 1. The normalized spacial score (nSPS) is 10.2. The molecule has 7 heteroatoms. The quantitative estimate of drug-likeness (QED) is 0.687. The molecule has 0 aromatic heterocycles. The van der Waals surface area contributed by atoms with Crippen molar-refractivity contribution in [3.8, 4) is 11.5 Å². The molecule has 1 N–H and O–H groups in total. The van der Waals surface area contributed by atoms with Gasteiger partial charge in [0, 0.05) is 6.07 Å². The lowest BCUT2D eigenvalue weighted by molar-refractivity contribution is -0.385. The van der Waals surface area contributed by atoms with Gasteiger partial charge in [0.05, 0.1) is 11.0 Å². The number of hydrogen-bond acceptors (Lipinski definition) is 4. The third kappa shape index (κ3) is 3.14. The second kappa shape index (κ2) is 5.58. The van der Waals surface area contributed by atoms with Crippen LogP contribution in [0.25, 0.3) is 0 Å². The fraction of sp³-hybridized carbons (Fsp3) is 0.0714. The van der Waals surface area contributed by atoms with Crippen molar-refractivity contribution in [1.29, 1.82) is 0 Å². The van der Waals surface area contributed by atoms with Crippen LogP contribution in [0.4, 0.5) is 10.1 Å². The Bertz CT molecular complexity index is 729. The maximum Gasteiger partial charge on any atom is 0.342 e. The maximum absolute atomic E-state index is 13.8. The Hall–Kier alpha value is -2.96. The monoisotopic (exact) mass is 291 g/mol. The van der Waals surface area contributed by atoms with Crippen molar-refractivity contribution < 1.29 is 24.0 Å². The maximum atomic E-state index is 13.8. The van der Waals surface area contributed by atoms with Crippen LogP contribution in [0.5, 0.6) is 11.5 Å². The Morgan fingerprint density at radius 3 is 2.62 bits per heavy atom. The van der Waals surface area contributed by atoms with Crippen molar-refractivity contribution in [3.05, 3.63) is 63.5 Å². The molecule has 2 aromatic rings. The fourth-order valence-corrected chi connectivity index (χ4v) is 1.75. The first-order valence-corrected chi connectivity index (χ1v) is 5.84. The van der Waals surface area contributed by atoms with Crippen LogP contribution in [0.15, 0.2) is 36.4 Å². The number of aryl methyl sites for hydroxylation is 1. The van der Waals surface area contributed by atoms with Crippen molar-refractivity contribution >= 4 is 11.7 Å². The van der Waals surface area contributed by atoms with Crippen molar-refractivity contribution in [2.75, 3.05) is 0 Å². The highest BCUT2D eigenvalue weighted by atomic mass is 19.1. The molecule has 0 bridgehead atoms. The van der Waals surface area contributed by atoms with Gasteiger partial charge in [-0.3, -0.25) is 10.1 Å². The van der Waals surface area contributed by atoms with Gasteiger partial charge in [-0.1, -0.05) is 12.1 Å². The van der Waals surface area contributed by atoms with E-state index >= 15 is 0 Å². The van der Waals surface area contributed by atoms with Crippen LogP contribution in [0.3, 0.4) is 0 Å². The number of nitro groups is 1. The Labute approximate surface area is 118 Å². The summed E-state index contributed by atoms with van der Waals surface area (Å²) in [5.41, 5.74) is -0.589. The number of carboxylic acid groups (broad SMARTS) is 1. The lowest BCUT2D eigenvalue weighted by Gasteiger charge is -2.08. The topological polar surface area (TPSA) is 89.7 Å². The lowest BCUT2D eigenvalue weighted by Crippen LogP contribution is -2.04. The zero-order chi connectivity index (χ0) is 15.6. The number of halogens is 1. The smallest absolute Gasteiger partial charge is 0.342 e. The minimum Gasteiger partial charge on any atom is -0.477 e. The number of aromatic carboxylic acids is 1. The molecular formula is C14H10FNO5. The van der Waals surface area contributed by atoms with Gasteiger partial charge in [0.2, 0.25) is 0 Å². The number of ether oxygens (including phenoxy) is 1. The van der Waals surface area contributed by atoms with E-state index in [1.165, 1.54) is 0 Å². The second-order valence-corrected chi connectivity index (χ2v) is 4.28. The fourth-order valence-electron chi connectivity index (χ4n) is 1.75. The van der Waals surface area contributed by atoms with Gasteiger partial charge in [-0.05, 0) is 24.6 Å². The molecule has 0 saturated heterocycles. The SMILES string of the molecule is Cc1cccc(Oc2cc(C(=O)O)c([N+](=O)[O-])cc2F)c1. The van der Waals surface area contributed by atoms with Gasteiger partial charge in [-0.15, -0.1) is 0 Å². The predicted octanol–water partition coefficient (Wildman–Crippen LogP) is 3.53. The van der Waals surface area contributed by atoms with Gasteiger partial charge >= 0.3 is 5.97 Å². The molecule has 2 aromatic carbocycles. The van der Waals surface area contributed by atoms with E-state index in [-0.39, 0.29) is 5.75 Å². The van der Waals surface area contributed by atoms with E-state index in [0.717, 1.165) is 11.6 Å². The Morgan fingerprint density at radius 2 is 2.05 bits per heavy atom. The zero-order valence-electron chi connectivity index (χ0n) is 10.9. The first kappa shape index (κ1) is 14.4. The average Bonchev–Trinajstić information content (AvgIpc) is 2.40. The van der Waals surface area contributed by atoms with Crippen LogP contribution < -0.4 is 4.74 Å². The van der Waals surface area contributed by atoms with E-state index in [9.17, 15) is 19.3 Å². The summed E-state index contributed by atoms with van der Waals surface area (Å²) < 4.78 is 19.1. The number of rotatable bonds is 4. The Kier molecular flexibility index (Phi) is 3.84. The van der Waals surface area contributed by atoms with Crippen molar-refractivity contribution in [3.63, 3.8) is 0 Å². The minimum atomic E-state index is -1.53. The summed E-state index contributed by atoms with van der Waals surface area (Å²) in [7, 11) is 0. The summed E-state index contributed by atoms with van der Waals surface area (Å²) in [6, 6.07) is 8.02. The molecule has 0 atom stereocenters. The molecule has 0 radical (unpaired) electrons. The number of nitrogens with zero attached hydrogens (tertiary/aromatic N) is 1. The third-order valence-electron chi connectivity index (χ3n) is 2.69. The molecule has 0 aliphatic heterocycles. The third-order valence-corrected chi connectivity index (χ3v) is 2.69. The van der Waals surface area contributed by atoms with Gasteiger partial charge < -0.3 is 9.84 Å². The largest absolute Gasteiger partial charge is 0.477 e. The van der Waals surface area contributed by atoms with Gasteiger partial charge in [0.15, 0.2) is 11.6 Å². The summed E-state index contributed by atoms with van der Waals surface area (Å²) in [4.78, 5) is 20.8. The zero-order valence-corrected chi connectivity index (χ0v) is 10.9. The van der Waals surface area contributed by atoms with Crippen molar-refractivity contribution in [2.45, 2.75) is 6.92 Å². The van der Waals surface area contributed by atoms with Gasteiger partial charge in [0.1, 0.15) is 11.3 Å². The molecule has 0 aliphatic carbocycles. The first-order chi connectivity index (χ1) is 9.88. The highest BCUT2D eigenvalue weighted by Crippen LogP contribution is 2.31. The van der Waals surface area contributed by atoms with Crippen molar-refractivity contribution in [2.24, 2.45) is 0 Å². The highest BCUT2D eigenvalue weighted by molar-refractivity contribution is 5.92. The predicted molar refractivity (Wildman–Crippen MR) is 71.3 cm³/mol. The standard InChI is InChI=1S/C14H10FNO5/c1-8-3-2-4-9(5-8)21-13-6-10(14(17)18)12(16(19)20)7-11(13)15/h2-7H,1H3,(H,17,18). The van der Waals surface area contributed by atoms with Gasteiger partial charge in [0.25, 0.3) is 5.69 Å². The second-order valence-electron chi connectivity index (χ2n) is 4.28. The van der Waals surface area contributed by atoms with E-state index < -0.39 is 28.0 Å². The molecule has 0 unspecified atom stereocenters. The molecule has 0 aliphatic rings. The van der Waals surface area contributed by atoms with Crippen LogP contribution in [0.1, 0.15) is 15.9 Å². The van der Waals surface area contributed by atoms with Crippen LogP contribution in [-0.2, 0) is 0 Å². The van der Waals surface area contributed by atoms with Crippen LogP contribution in [0, 0.1) is 22.9 Å². The molecule has 0 saturated carbocycles. The van der Waals surface area contributed by atoms with E-state index in [0.29, 0.717) is 11.8 Å². The van der Waals surface area contributed by atoms with E-state index in [1.54, 1.807) is 18.2 Å². The van der Waals surface area contributed by atoms with Crippen LogP contribution in [-0.4, -0.2) is 16.0 Å². The highest BCUT2D eigenvalue weighted by Gasteiger charge is 2.24. The van der Waals surface area contributed by atoms with Crippen LogP contribution in [0.2, 0.25) is 0 Å². The summed E-state index contributed by atoms with van der Waals surface area (Å²) in [5, 5.41) is 19.7. The molecule has 0 fully saturated rings. The Morgan fingerprint density at radius 1 is 1.33 bits per heavy atom. The van der Waals surface area contributed by atoms with Gasteiger partial charge in [-0.2, -0.15) is 0 Å². The summed E-state index contributed by atoms with van der Waals surface area (Å²) in [6.07, 6.45) is 0. The molecule has 0 spiro atoms.